The lowest BCUT2D eigenvalue weighted by molar-refractivity contribution is -0.250. The number of aliphatic hydroxyl groups is 3. The van der Waals surface area contributed by atoms with Crippen molar-refractivity contribution in [3.63, 3.8) is 0 Å². The molecule has 4 bridgehead atoms. The third-order valence-electron chi connectivity index (χ3n) is 19.7. The zero-order valence-electron chi connectivity index (χ0n) is 55.1. The van der Waals surface area contributed by atoms with Gasteiger partial charge in [0, 0.05) is 98.8 Å². The molecule has 9 N–H and O–H groups in total. The first kappa shape index (κ1) is 69.6. The predicted molar refractivity (Wildman–Crippen MR) is 361 cm³/mol. The van der Waals surface area contributed by atoms with E-state index in [-0.39, 0.29) is 91.2 Å². The largest absolute Gasteiger partial charge is 0.479 e. The number of aliphatic hydroxyl groups excluding tert-OH is 3. The minimum atomic E-state index is -1.90. The molecule has 28 heteroatoms. The van der Waals surface area contributed by atoms with Crippen molar-refractivity contribution in [3.8, 4) is 11.1 Å². The van der Waals surface area contributed by atoms with Crippen LogP contribution in [0.4, 0.5) is 21.4 Å². The summed E-state index contributed by atoms with van der Waals surface area (Å²) in [7, 11) is 0. The van der Waals surface area contributed by atoms with E-state index >= 15 is 0 Å². The lowest BCUT2D eigenvalue weighted by Gasteiger charge is -2.69. The highest BCUT2D eigenvalue weighted by Crippen LogP contribution is 2.72. The molecule has 27 nitrogen and oxygen atoms in total. The molecular formula is C71H80N10O17S. The lowest BCUT2D eigenvalue weighted by Crippen LogP contribution is -2.64. The van der Waals surface area contributed by atoms with E-state index in [0.29, 0.717) is 78.0 Å². The number of aromatic nitrogens is 4. The van der Waals surface area contributed by atoms with Crippen molar-refractivity contribution in [2.45, 2.75) is 134 Å². The topological polar surface area (TPSA) is 373 Å². The van der Waals surface area contributed by atoms with E-state index in [2.05, 4.69) is 40.1 Å². The van der Waals surface area contributed by atoms with E-state index < -0.39 is 72.2 Å². The summed E-state index contributed by atoms with van der Waals surface area (Å²) in [6, 6.07) is 21.9. The van der Waals surface area contributed by atoms with Gasteiger partial charge in [0.05, 0.1) is 47.9 Å². The average molecular weight is 1380 g/mol. The first-order valence-corrected chi connectivity index (χ1v) is 33.9. The number of carbonyl (C=O) groups is 8. The van der Waals surface area contributed by atoms with Crippen LogP contribution in [0.2, 0.25) is 0 Å². The molecule has 99 heavy (non-hydrogen) atoms. The summed E-state index contributed by atoms with van der Waals surface area (Å²) in [5, 5.41) is 68.2. The quantitative estimate of drug-likeness (QED) is 0.0204. The average Bonchev–Trinajstić information content (AvgIpc) is 1.45. The van der Waals surface area contributed by atoms with Crippen molar-refractivity contribution in [1.29, 1.82) is 0 Å². The van der Waals surface area contributed by atoms with Crippen molar-refractivity contribution in [2.24, 2.45) is 16.2 Å². The second kappa shape index (κ2) is 28.9. The van der Waals surface area contributed by atoms with Crippen LogP contribution < -0.4 is 26.2 Å². The number of rotatable bonds is 27. The number of amides is 6. The van der Waals surface area contributed by atoms with Crippen molar-refractivity contribution in [2.75, 3.05) is 68.1 Å². The zero-order chi connectivity index (χ0) is 70.0. The lowest BCUT2D eigenvalue weighted by atomic mass is 9.39. The first-order valence-electron chi connectivity index (χ1n) is 33.1. The second-order valence-corrected chi connectivity index (χ2v) is 28.6. The minimum absolute atomic E-state index is 0.0302. The maximum Gasteiger partial charge on any atom is 0.407 e. The molecule has 0 radical (unpaired) electrons. The Kier molecular flexibility index (Phi) is 20.3. The van der Waals surface area contributed by atoms with Crippen LogP contribution in [0.15, 0.2) is 97.2 Å². The van der Waals surface area contributed by atoms with Crippen molar-refractivity contribution >= 4 is 91.8 Å². The molecule has 6 amide bonds. The number of aromatic carboxylic acids is 1. The van der Waals surface area contributed by atoms with Gasteiger partial charge in [-0.25, -0.2) is 24.4 Å². The van der Waals surface area contributed by atoms with Gasteiger partial charge in [0.25, 0.3) is 17.7 Å². The molecule has 5 fully saturated rings. The summed E-state index contributed by atoms with van der Waals surface area (Å²) in [6.07, 6.45) is 3.68. The number of benzene rings is 3. The van der Waals surface area contributed by atoms with Gasteiger partial charge < -0.3 is 65.3 Å². The molecule has 6 heterocycles. The number of fused-ring (bicyclic) bond motifs is 2. The van der Waals surface area contributed by atoms with Crippen LogP contribution in [0.3, 0.4) is 0 Å². The van der Waals surface area contributed by atoms with E-state index in [1.165, 1.54) is 11.3 Å². The van der Waals surface area contributed by atoms with E-state index in [1.807, 2.05) is 65.0 Å². The van der Waals surface area contributed by atoms with Gasteiger partial charge in [0.1, 0.15) is 30.7 Å². The number of hydrogen-bond donors (Lipinski definition) is 9. The van der Waals surface area contributed by atoms with Crippen LogP contribution in [0.1, 0.15) is 114 Å². The zero-order valence-corrected chi connectivity index (χ0v) is 55.9. The van der Waals surface area contributed by atoms with E-state index in [1.54, 1.807) is 42.6 Å². The maximum absolute atomic E-state index is 13.8. The number of ether oxygens (including phenoxy) is 4. The SMILES string of the molecule is Cc1c(-c2ccc(N3CCc4cccc(C(=O)Nc5nc6ccccc6s5)c4C3)nc2C(=O)O)cnn1CC12CC3(C)CC(C)(C1)CC(OCCOCCNC(=O)OC/C=C/c1ccc(C[C@@H]4O[C@H](C(=O)O)[C@@H](O)[C@H](O)[C@H]4O)c(NC(=O)CCNC(=O)CCN4C(=O)C=CC4=O)c1)(C3)C2. The molecule has 3 aromatic carbocycles. The third-order valence-corrected chi connectivity index (χ3v) is 20.6. The molecule has 6 aromatic rings. The standard InChI is InChI=1S/C71H80N10O17S/c1-41-47(45-15-16-53(77-58(45)64(90)91)79-24-20-43-9-6-10-46(48(43)33-79)63(89)78-66-76-49-11-4-5-12-52(49)99-66)32-74-81(41)40-70-35-68(2)34-69(3,36-70)38-71(37-68,39-70)97-29-28-95-27-23-73-67(94)96-26-7-8-42-13-14-44(31-51-59(86)60(87)61(88)62(98-51)65(92)93)50(30-42)75-55(83)19-22-72-54(82)21-25-80-56(84)17-18-57(80)85/h4-18,30,32,51,59-62,86-88H,19-29,31,33-40H2,1-3H3,(H,72,82)(H,73,94)(H,75,83)(H,90,91)(H,92,93)(H,76,78,89)/b8-7+/t51-,59-,60+,61-,62-,68?,69?,70?,71?/m0/s1. The molecule has 4 saturated carbocycles. The summed E-state index contributed by atoms with van der Waals surface area (Å²) in [6.45, 7) is 8.91. The predicted octanol–water partition coefficient (Wildman–Crippen LogP) is 6.21. The van der Waals surface area contributed by atoms with Gasteiger partial charge >= 0.3 is 18.0 Å². The number of carbonyl (C=O) groups excluding carboxylic acids is 6. The second-order valence-electron chi connectivity index (χ2n) is 27.6. The Morgan fingerprint density at radius 2 is 1.57 bits per heavy atom. The monoisotopic (exact) mass is 1380 g/mol. The van der Waals surface area contributed by atoms with E-state index in [0.717, 1.165) is 82.6 Å². The highest BCUT2D eigenvalue weighted by Gasteiger charge is 2.66. The Balaban J connectivity index is 0.611. The summed E-state index contributed by atoms with van der Waals surface area (Å²) in [4.78, 5) is 113. The van der Waals surface area contributed by atoms with Gasteiger partial charge in [-0.3, -0.25) is 38.9 Å². The number of carboxylic acids is 2. The number of anilines is 3. The normalized spacial score (nSPS) is 25.3. The fourth-order valence-corrected chi connectivity index (χ4v) is 17.3. The van der Waals surface area contributed by atoms with E-state index in [9.17, 15) is 63.9 Å². The van der Waals surface area contributed by atoms with Crippen molar-refractivity contribution in [3.05, 3.63) is 136 Å². The van der Waals surface area contributed by atoms with Crippen LogP contribution in [0.5, 0.6) is 0 Å². The number of aliphatic carboxylic acids is 1. The Hall–Kier alpha value is -9.29. The van der Waals surface area contributed by atoms with Crippen LogP contribution >= 0.6 is 11.3 Å². The number of thiazole rings is 1. The number of hydrogen-bond acceptors (Lipinski definition) is 20. The van der Waals surface area contributed by atoms with Crippen LogP contribution in [0, 0.1) is 23.2 Å². The molecule has 1 saturated heterocycles. The third kappa shape index (κ3) is 15.6. The number of alkyl carbamates (subject to hydrolysis) is 1. The maximum atomic E-state index is 13.8. The van der Waals surface area contributed by atoms with Gasteiger partial charge in [-0.1, -0.05) is 67.7 Å². The van der Waals surface area contributed by atoms with Gasteiger partial charge in [-0.15, -0.1) is 0 Å². The van der Waals surface area contributed by atoms with Crippen molar-refractivity contribution < 1.29 is 82.8 Å². The van der Waals surface area contributed by atoms with Gasteiger partial charge in [-0.2, -0.15) is 5.10 Å². The number of imide groups is 1. The summed E-state index contributed by atoms with van der Waals surface area (Å²) >= 11 is 1.41. The van der Waals surface area contributed by atoms with Crippen molar-refractivity contribution in [1.82, 2.24) is 35.3 Å². The molecule has 3 aromatic heterocycles. The summed E-state index contributed by atoms with van der Waals surface area (Å²) in [5.41, 5.74) is 5.81. The molecule has 7 aliphatic rings. The number of carboxylic acid groups (broad SMARTS) is 2. The molecule has 4 aliphatic carbocycles. The molecule has 7 atom stereocenters. The highest BCUT2D eigenvalue weighted by molar-refractivity contribution is 7.22. The first-order chi connectivity index (χ1) is 47.4. The molecule has 522 valence electrons. The molecule has 0 spiro atoms. The number of nitrogens with one attached hydrogen (secondary N) is 4. The molecule has 3 aliphatic heterocycles. The Bertz CT molecular complexity index is 4140. The van der Waals surface area contributed by atoms with Crippen LogP contribution in [-0.2, 0) is 68.9 Å². The molecule has 2 unspecified atom stereocenters. The number of pyridine rings is 1. The number of nitrogens with zero attached hydrogens (tertiary/aromatic N) is 6. The van der Waals surface area contributed by atoms with E-state index in [4.69, 9.17) is 29.0 Å². The highest BCUT2D eigenvalue weighted by atomic mass is 32.1. The fraction of sp³-hybridized carbons (Fsp3) is 0.451. The van der Waals surface area contributed by atoms with Gasteiger partial charge in [0.2, 0.25) is 11.8 Å². The molecular weight excluding hydrogens is 1300 g/mol. The summed E-state index contributed by atoms with van der Waals surface area (Å²) in [5.74, 6) is -4.58. The Morgan fingerprint density at radius 3 is 2.32 bits per heavy atom. The Morgan fingerprint density at radius 1 is 0.788 bits per heavy atom. The van der Waals surface area contributed by atoms with Crippen LogP contribution in [-0.4, -0.2) is 186 Å². The van der Waals surface area contributed by atoms with Crippen LogP contribution in [0.25, 0.3) is 27.4 Å². The minimum Gasteiger partial charge on any atom is -0.479 e. The molecule has 13 rings (SSSR count). The Labute approximate surface area is 573 Å². The van der Waals surface area contributed by atoms with Gasteiger partial charge in [0.15, 0.2) is 16.9 Å². The van der Waals surface area contributed by atoms with Gasteiger partial charge in [-0.05, 0) is 133 Å². The fourth-order valence-electron chi connectivity index (χ4n) is 16.4. The smallest absolute Gasteiger partial charge is 0.407 e. The summed E-state index contributed by atoms with van der Waals surface area (Å²) < 4.78 is 26.7. The number of para-hydroxylation sites is 1.